The minimum atomic E-state index is 0.171. The smallest absolute Gasteiger partial charge is 0.224 e. The fourth-order valence-electron chi connectivity index (χ4n) is 3.04. The van der Waals surface area contributed by atoms with E-state index in [1.54, 1.807) is 0 Å². The normalized spacial score (nSPS) is 13.4. The summed E-state index contributed by atoms with van der Waals surface area (Å²) < 4.78 is 5.63. The molecule has 1 aliphatic rings. The molecule has 8 heteroatoms. The van der Waals surface area contributed by atoms with E-state index in [0.717, 1.165) is 27.5 Å². The summed E-state index contributed by atoms with van der Waals surface area (Å²) in [6, 6.07) is 8.01. The molecule has 0 spiro atoms. The summed E-state index contributed by atoms with van der Waals surface area (Å²) >= 11 is 8.03. The maximum absolute atomic E-state index is 6.58. The van der Waals surface area contributed by atoms with Crippen molar-refractivity contribution in [2.24, 2.45) is 5.73 Å². The van der Waals surface area contributed by atoms with E-state index >= 15 is 0 Å². The van der Waals surface area contributed by atoms with Gasteiger partial charge in [0.2, 0.25) is 5.95 Å². The molecular weight excluding hydrogens is 358 g/mol. The molecule has 4 rings (SSSR count). The summed E-state index contributed by atoms with van der Waals surface area (Å²) in [6.45, 7) is 1.67. The fraction of sp³-hybridized carbons (Fsp3) is 0.235. The van der Waals surface area contributed by atoms with Gasteiger partial charge in [-0.3, -0.25) is 0 Å². The predicted molar refractivity (Wildman–Crippen MR) is 100 cm³/mol. The van der Waals surface area contributed by atoms with Crippen LogP contribution < -0.4 is 11.5 Å². The maximum atomic E-state index is 6.58. The van der Waals surface area contributed by atoms with Crippen LogP contribution in [-0.4, -0.2) is 27.2 Å². The number of thioether (sulfide) groups is 1. The number of nitrogens with two attached hydrogens (primary N) is 2. The molecule has 128 valence electrons. The SMILES string of the molecule is NCCSc1nc(N)nc(-c2c(Cl)cc3c4c(cccc24)COC3)n1. The topological polar surface area (TPSA) is 99.9 Å². The molecule has 25 heavy (non-hydrogen) atoms. The Bertz CT molecular complexity index is 965. The van der Waals surface area contributed by atoms with E-state index in [0.29, 0.717) is 41.5 Å². The lowest BCUT2D eigenvalue weighted by atomic mass is 9.94. The number of hydrogen-bond donors (Lipinski definition) is 2. The molecular formula is C17H16ClN5OS. The number of ether oxygens (including phenoxy) is 1. The summed E-state index contributed by atoms with van der Waals surface area (Å²) in [5.41, 5.74) is 14.4. The number of halogens is 1. The first-order valence-corrected chi connectivity index (χ1v) is 9.19. The van der Waals surface area contributed by atoms with Crippen molar-refractivity contribution in [3.05, 3.63) is 40.4 Å². The highest BCUT2D eigenvalue weighted by atomic mass is 35.5. The van der Waals surface area contributed by atoms with Gasteiger partial charge >= 0.3 is 0 Å². The molecule has 0 fully saturated rings. The van der Waals surface area contributed by atoms with Gasteiger partial charge in [-0.2, -0.15) is 9.97 Å². The van der Waals surface area contributed by atoms with E-state index in [9.17, 15) is 0 Å². The van der Waals surface area contributed by atoms with Gasteiger partial charge in [-0.05, 0) is 28.0 Å². The molecule has 0 bridgehead atoms. The highest BCUT2D eigenvalue weighted by molar-refractivity contribution is 7.99. The third kappa shape index (κ3) is 3.04. The molecule has 2 aromatic carbocycles. The van der Waals surface area contributed by atoms with Crippen molar-refractivity contribution in [3.8, 4) is 11.4 Å². The van der Waals surface area contributed by atoms with Crippen LogP contribution in [0.15, 0.2) is 29.4 Å². The molecule has 0 amide bonds. The minimum absolute atomic E-state index is 0.171. The number of nitrogen functional groups attached to an aromatic ring is 1. The molecule has 0 aliphatic carbocycles. The molecule has 4 N–H and O–H groups in total. The number of hydrogen-bond acceptors (Lipinski definition) is 7. The second-order valence-corrected chi connectivity index (χ2v) is 7.13. The van der Waals surface area contributed by atoms with Crippen molar-refractivity contribution in [3.63, 3.8) is 0 Å². The van der Waals surface area contributed by atoms with Gasteiger partial charge in [-0.1, -0.05) is 41.6 Å². The highest BCUT2D eigenvalue weighted by Crippen LogP contribution is 2.39. The lowest BCUT2D eigenvalue weighted by molar-refractivity contribution is 0.103. The Labute approximate surface area is 154 Å². The molecule has 2 heterocycles. The van der Waals surface area contributed by atoms with Gasteiger partial charge in [0, 0.05) is 17.9 Å². The number of benzene rings is 2. The van der Waals surface area contributed by atoms with Gasteiger partial charge in [0.15, 0.2) is 11.0 Å². The van der Waals surface area contributed by atoms with Crippen LogP contribution in [0, 0.1) is 0 Å². The Morgan fingerprint density at radius 1 is 1.16 bits per heavy atom. The van der Waals surface area contributed by atoms with Crippen molar-refractivity contribution in [2.75, 3.05) is 18.0 Å². The maximum Gasteiger partial charge on any atom is 0.224 e. The first kappa shape index (κ1) is 16.5. The van der Waals surface area contributed by atoms with Gasteiger partial charge in [-0.15, -0.1) is 0 Å². The lowest BCUT2D eigenvalue weighted by Crippen LogP contribution is -2.07. The lowest BCUT2D eigenvalue weighted by Gasteiger charge is -2.20. The third-order valence-electron chi connectivity index (χ3n) is 4.00. The van der Waals surface area contributed by atoms with Gasteiger partial charge < -0.3 is 16.2 Å². The second-order valence-electron chi connectivity index (χ2n) is 5.66. The number of aromatic nitrogens is 3. The first-order chi connectivity index (χ1) is 12.2. The Balaban J connectivity index is 1.95. The number of anilines is 1. The van der Waals surface area contributed by atoms with Crippen molar-refractivity contribution in [1.82, 2.24) is 15.0 Å². The van der Waals surface area contributed by atoms with Crippen LogP contribution in [0.4, 0.5) is 5.95 Å². The van der Waals surface area contributed by atoms with Crippen molar-refractivity contribution < 1.29 is 4.74 Å². The minimum Gasteiger partial charge on any atom is -0.372 e. The van der Waals surface area contributed by atoms with Crippen LogP contribution in [0.5, 0.6) is 0 Å². The zero-order valence-corrected chi connectivity index (χ0v) is 14.9. The first-order valence-electron chi connectivity index (χ1n) is 7.83. The van der Waals surface area contributed by atoms with Crippen molar-refractivity contribution in [1.29, 1.82) is 0 Å². The monoisotopic (exact) mass is 373 g/mol. The third-order valence-corrected chi connectivity index (χ3v) is 5.18. The quantitative estimate of drug-likeness (QED) is 0.678. The van der Waals surface area contributed by atoms with Crippen LogP contribution in [0.3, 0.4) is 0 Å². The van der Waals surface area contributed by atoms with Crippen molar-refractivity contribution in [2.45, 2.75) is 18.4 Å². The molecule has 0 unspecified atom stereocenters. The highest BCUT2D eigenvalue weighted by Gasteiger charge is 2.20. The Morgan fingerprint density at radius 3 is 2.84 bits per heavy atom. The summed E-state index contributed by atoms with van der Waals surface area (Å²) in [5, 5.41) is 3.28. The average Bonchev–Trinajstić information content (AvgIpc) is 2.60. The fourth-order valence-corrected chi connectivity index (χ4v) is 3.97. The van der Waals surface area contributed by atoms with Crippen molar-refractivity contribution >= 4 is 40.1 Å². The summed E-state index contributed by atoms with van der Waals surface area (Å²) in [4.78, 5) is 13.0. The molecule has 0 saturated carbocycles. The molecule has 1 aromatic heterocycles. The number of nitrogens with zero attached hydrogens (tertiary/aromatic N) is 3. The van der Waals surface area contributed by atoms with Crippen LogP contribution in [0.2, 0.25) is 5.02 Å². The van der Waals surface area contributed by atoms with Crippen LogP contribution in [0.25, 0.3) is 22.2 Å². The molecule has 0 radical (unpaired) electrons. The van der Waals surface area contributed by atoms with E-state index in [-0.39, 0.29) is 5.95 Å². The summed E-state index contributed by atoms with van der Waals surface area (Å²) in [7, 11) is 0. The Kier molecular flexibility index (Phi) is 4.47. The average molecular weight is 374 g/mol. The molecule has 0 saturated heterocycles. The van der Waals surface area contributed by atoms with Crippen LogP contribution >= 0.6 is 23.4 Å². The second kappa shape index (κ2) is 6.76. The van der Waals surface area contributed by atoms with Gasteiger partial charge in [0.25, 0.3) is 0 Å². The van der Waals surface area contributed by atoms with Gasteiger partial charge in [0.1, 0.15) is 0 Å². The van der Waals surface area contributed by atoms with E-state index < -0.39 is 0 Å². The summed E-state index contributed by atoms with van der Waals surface area (Å²) in [5.74, 6) is 1.36. The predicted octanol–water partition coefficient (Wildman–Crippen LogP) is 3.01. The van der Waals surface area contributed by atoms with Crippen LogP contribution in [0.1, 0.15) is 11.1 Å². The van der Waals surface area contributed by atoms with Crippen LogP contribution in [-0.2, 0) is 18.0 Å². The van der Waals surface area contributed by atoms with E-state index in [1.165, 1.54) is 11.8 Å². The summed E-state index contributed by atoms with van der Waals surface area (Å²) in [6.07, 6.45) is 0. The molecule has 3 aromatic rings. The molecule has 1 aliphatic heterocycles. The largest absolute Gasteiger partial charge is 0.372 e. The standard InChI is InChI=1S/C17H16ClN5OS/c18-12-6-10-8-24-7-9-2-1-3-11(13(9)10)14(12)15-21-16(20)23-17(22-15)25-5-4-19/h1-3,6H,4-5,7-8,19H2,(H2,20,21,22,23). The van der Waals surface area contributed by atoms with Gasteiger partial charge in [0.05, 0.1) is 18.2 Å². The zero-order valence-electron chi connectivity index (χ0n) is 13.3. The number of rotatable bonds is 4. The molecule has 0 atom stereocenters. The zero-order chi connectivity index (χ0) is 17.4. The van der Waals surface area contributed by atoms with Gasteiger partial charge in [-0.25, -0.2) is 4.98 Å². The van der Waals surface area contributed by atoms with E-state index in [4.69, 9.17) is 27.8 Å². The van der Waals surface area contributed by atoms with E-state index in [1.807, 2.05) is 18.2 Å². The van der Waals surface area contributed by atoms with E-state index in [2.05, 4.69) is 21.0 Å². The Hall–Kier alpha value is -1.93. The molecule has 6 nitrogen and oxygen atoms in total. The Morgan fingerprint density at radius 2 is 2.00 bits per heavy atom.